The quantitative estimate of drug-likeness (QED) is 0.656. The van der Waals surface area contributed by atoms with E-state index >= 15 is 0 Å². The minimum Gasteiger partial charge on any atom is -0.271 e. The van der Waals surface area contributed by atoms with Gasteiger partial charge in [0.05, 0.1) is 6.04 Å². The molecule has 0 aliphatic carbocycles. The van der Waals surface area contributed by atoms with E-state index in [9.17, 15) is 0 Å². The Balaban J connectivity index is 2.37. The minimum absolute atomic E-state index is 0.109. The molecule has 21 heavy (non-hydrogen) atoms. The van der Waals surface area contributed by atoms with Gasteiger partial charge in [-0.25, -0.2) is 0 Å². The standard InChI is InChI=1S/C19H26N2/c1-14-9-5-6-10-15(14)13-18(21-20)16-11-7-8-12-17(16)19(2,3)4/h5-12,18,21H,13,20H2,1-4H3. The van der Waals surface area contributed by atoms with Crippen molar-refractivity contribution in [3.8, 4) is 0 Å². The van der Waals surface area contributed by atoms with Gasteiger partial charge in [-0.05, 0) is 41.0 Å². The predicted molar refractivity (Wildman–Crippen MR) is 90.1 cm³/mol. The van der Waals surface area contributed by atoms with Crippen LogP contribution in [0.5, 0.6) is 0 Å². The van der Waals surface area contributed by atoms with Gasteiger partial charge in [0.1, 0.15) is 0 Å². The lowest BCUT2D eigenvalue weighted by atomic mass is 9.80. The van der Waals surface area contributed by atoms with Gasteiger partial charge in [-0.15, -0.1) is 0 Å². The van der Waals surface area contributed by atoms with Gasteiger partial charge in [-0.2, -0.15) is 0 Å². The van der Waals surface area contributed by atoms with Crippen LogP contribution in [0.3, 0.4) is 0 Å². The van der Waals surface area contributed by atoms with Crippen molar-refractivity contribution in [3.05, 3.63) is 70.8 Å². The van der Waals surface area contributed by atoms with Gasteiger partial charge in [-0.1, -0.05) is 69.3 Å². The van der Waals surface area contributed by atoms with E-state index < -0.39 is 0 Å². The molecule has 0 amide bonds. The molecule has 2 rings (SSSR count). The average molecular weight is 282 g/mol. The van der Waals surface area contributed by atoms with Crippen molar-refractivity contribution in [2.45, 2.75) is 45.6 Å². The summed E-state index contributed by atoms with van der Waals surface area (Å²) >= 11 is 0. The molecule has 0 saturated heterocycles. The van der Waals surface area contributed by atoms with Crippen LogP contribution in [0.15, 0.2) is 48.5 Å². The van der Waals surface area contributed by atoms with E-state index in [2.05, 4.69) is 81.7 Å². The van der Waals surface area contributed by atoms with Gasteiger partial charge in [0.25, 0.3) is 0 Å². The number of aryl methyl sites for hydroxylation is 1. The van der Waals surface area contributed by atoms with Crippen LogP contribution < -0.4 is 11.3 Å². The Bertz CT molecular complexity index is 597. The van der Waals surface area contributed by atoms with E-state index in [1.165, 1.54) is 22.3 Å². The molecule has 0 bridgehead atoms. The largest absolute Gasteiger partial charge is 0.271 e. The summed E-state index contributed by atoms with van der Waals surface area (Å²) in [5.74, 6) is 5.86. The fourth-order valence-electron chi connectivity index (χ4n) is 2.80. The minimum atomic E-state index is 0.109. The molecule has 0 aromatic heterocycles. The van der Waals surface area contributed by atoms with Crippen molar-refractivity contribution in [2.24, 2.45) is 5.84 Å². The molecule has 0 radical (unpaired) electrons. The molecule has 2 aromatic carbocycles. The number of nitrogens with two attached hydrogens (primary N) is 1. The monoisotopic (exact) mass is 282 g/mol. The van der Waals surface area contributed by atoms with Gasteiger partial charge < -0.3 is 0 Å². The molecule has 2 aromatic rings. The summed E-state index contributed by atoms with van der Waals surface area (Å²) in [6.07, 6.45) is 0.899. The Morgan fingerprint density at radius 3 is 2.24 bits per heavy atom. The summed E-state index contributed by atoms with van der Waals surface area (Å²) in [7, 11) is 0. The first-order valence-electron chi connectivity index (χ1n) is 7.53. The fourth-order valence-corrected chi connectivity index (χ4v) is 2.80. The molecular formula is C19H26N2. The van der Waals surface area contributed by atoms with Crippen LogP contribution in [0.2, 0.25) is 0 Å². The molecule has 0 saturated carbocycles. The zero-order valence-electron chi connectivity index (χ0n) is 13.5. The summed E-state index contributed by atoms with van der Waals surface area (Å²) < 4.78 is 0. The number of hydrazine groups is 1. The van der Waals surface area contributed by atoms with Gasteiger partial charge in [0.15, 0.2) is 0 Å². The number of hydrogen-bond acceptors (Lipinski definition) is 2. The second-order valence-electron chi connectivity index (χ2n) is 6.69. The molecule has 0 heterocycles. The van der Waals surface area contributed by atoms with E-state index in [1.54, 1.807) is 0 Å². The molecule has 0 aliphatic heterocycles. The normalized spacial score (nSPS) is 13.2. The Hall–Kier alpha value is -1.64. The summed E-state index contributed by atoms with van der Waals surface area (Å²) in [6.45, 7) is 8.88. The summed E-state index contributed by atoms with van der Waals surface area (Å²) in [5.41, 5.74) is 8.40. The maximum absolute atomic E-state index is 5.86. The lowest BCUT2D eigenvalue weighted by molar-refractivity contribution is 0.517. The highest BCUT2D eigenvalue weighted by molar-refractivity contribution is 5.37. The van der Waals surface area contributed by atoms with Crippen molar-refractivity contribution in [3.63, 3.8) is 0 Å². The van der Waals surface area contributed by atoms with Crippen molar-refractivity contribution in [1.82, 2.24) is 5.43 Å². The van der Waals surface area contributed by atoms with Crippen LogP contribution in [-0.2, 0) is 11.8 Å². The van der Waals surface area contributed by atoms with Gasteiger partial charge in [0, 0.05) is 0 Å². The lowest BCUT2D eigenvalue weighted by Gasteiger charge is -2.27. The van der Waals surface area contributed by atoms with Crippen molar-refractivity contribution in [2.75, 3.05) is 0 Å². The van der Waals surface area contributed by atoms with Crippen LogP contribution in [0.1, 0.15) is 49.1 Å². The number of hydrogen-bond donors (Lipinski definition) is 2. The first-order valence-corrected chi connectivity index (χ1v) is 7.53. The fraction of sp³-hybridized carbons (Fsp3) is 0.368. The molecule has 3 N–H and O–H groups in total. The van der Waals surface area contributed by atoms with E-state index in [0.29, 0.717) is 0 Å². The molecule has 2 nitrogen and oxygen atoms in total. The third-order valence-electron chi connectivity index (χ3n) is 4.03. The maximum Gasteiger partial charge on any atom is 0.0503 e. The second-order valence-corrected chi connectivity index (χ2v) is 6.69. The lowest BCUT2D eigenvalue weighted by Crippen LogP contribution is -2.32. The highest BCUT2D eigenvalue weighted by Gasteiger charge is 2.22. The molecule has 0 aliphatic rings. The van der Waals surface area contributed by atoms with Crippen LogP contribution >= 0.6 is 0 Å². The van der Waals surface area contributed by atoms with E-state index in [0.717, 1.165) is 6.42 Å². The number of rotatable bonds is 4. The molecule has 1 atom stereocenters. The second kappa shape index (κ2) is 6.42. The van der Waals surface area contributed by atoms with Gasteiger partial charge in [0.2, 0.25) is 0 Å². The third kappa shape index (κ3) is 3.72. The number of nitrogens with one attached hydrogen (secondary N) is 1. The zero-order chi connectivity index (χ0) is 15.5. The first kappa shape index (κ1) is 15.7. The third-order valence-corrected chi connectivity index (χ3v) is 4.03. The predicted octanol–water partition coefficient (Wildman–Crippen LogP) is 4.04. The molecule has 2 heteroatoms. The van der Waals surface area contributed by atoms with Gasteiger partial charge in [-0.3, -0.25) is 11.3 Å². The van der Waals surface area contributed by atoms with E-state index in [1.807, 2.05) is 0 Å². The summed E-state index contributed by atoms with van der Waals surface area (Å²) in [6, 6.07) is 17.2. The Labute approximate surface area is 128 Å². The Kier molecular flexibility index (Phi) is 4.81. The van der Waals surface area contributed by atoms with E-state index in [-0.39, 0.29) is 11.5 Å². The molecular weight excluding hydrogens is 256 g/mol. The van der Waals surface area contributed by atoms with E-state index in [4.69, 9.17) is 5.84 Å². The van der Waals surface area contributed by atoms with Crippen LogP contribution in [0.4, 0.5) is 0 Å². The zero-order valence-corrected chi connectivity index (χ0v) is 13.5. The van der Waals surface area contributed by atoms with Crippen molar-refractivity contribution < 1.29 is 0 Å². The smallest absolute Gasteiger partial charge is 0.0503 e. The van der Waals surface area contributed by atoms with Crippen LogP contribution in [0.25, 0.3) is 0 Å². The maximum atomic E-state index is 5.86. The SMILES string of the molecule is Cc1ccccc1CC(NN)c1ccccc1C(C)(C)C. The molecule has 1 unspecified atom stereocenters. The summed E-state index contributed by atoms with van der Waals surface area (Å²) in [4.78, 5) is 0. The first-order chi connectivity index (χ1) is 9.93. The molecule has 0 spiro atoms. The van der Waals surface area contributed by atoms with Crippen molar-refractivity contribution in [1.29, 1.82) is 0 Å². The molecule has 112 valence electrons. The Morgan fingerprint density at radius 1 is 1.00 bits per heavy atom. The van der Waals surface area contributed by atoms with Crippen LogP contribution in [-0.4, -0.2) is 0 Å². The average Bonchev–Trinajstić information content (AvgIpc) is 2.45. The Morgan fingerprint density at radius 2 is 1.62 bits per heavy atom. The van der Waals surface area contributed by atoms with Crippen LogP contribution in [0, 0.1) is 6.92 Å². The highest BCUT2D eigenvalue weighted by atomic mass is 15.2. The number of benzene rings is 2. The van der Waals surface area contributed by atoms with Crippen molar-refractivity contribution >= 4 is 0 Å². The molecule has 0 fully saturated rings. The summed E-state index contributed by atoms with van der Waals surface area (Å²) in [5, 5.41) is 0. The highest BCUT2D eigenvalue weighted by Crippen LogP contribution is 2.31. The van der Waals surface area contributed by atoms with Gasteiger partial charge >= 0.3 is 0 Å². The topological polar surface area (TPSA) is 38.0 Å².